The molecule has 1 aromatic heterocycles. The average molecular weight is 410 g/mol. The molecule has 2 heterocycles. The van der Waals surface area contributed by atoms with Crippen LogP contribution in [0.1, 0.15) is 24.0 Å². The van der Waals surface area contributed by atoms with E-state index in [4.69, 9.17) is 0 Å². The lowest BCUT2D eigenvalue weighted by molar-refractivity contribution is -0.0495. The number of aromatic nitrogens is 1. The summed E-state index contributed by atoms with van der Waals surface area (Å²) >= 11 is 1.66. The normalized spacial score (nSPS) is 17.2. The monoisotopic (exact) mass is 409 g/mol. The number of hydrogen-bond donors (Lipinski definition) is 2. The van der Waals surface area contributed by atoms with Gasteiger partial charge in [0.1, 0.15) is 5.75 Å². The zero-order valence-electron chi connectivity index (χ0n) is 16.0. The standard InChI is InChI=1S/C19H25F2N5OS/c1-3-17-24-14(12-28-17)10-23-19(22-2)25-13-8-9-26(11-13)15-6-4-5-7-16(15)27-18(20)21/h4-7,12-13,18H,3,8-11H2,1-2H3,(H2,22,23,25). The van der Waals surface area contributed by atoms with Gasteiger partial charge < -0.3 is 20.3 Å². The van der Waals surface area contributed by atoms with E-state index < -0.39 is 6.61 Å². The fraction of sp³-hybridized carbons (Fsp3) is 0.474. The molecule has 0 amide bonds. The van der Waals surface area contributed by atoms with Crippen LogP contribution in [0.4, 0.5) is 14.5 Å². The Morgan fingerprint density at radius 2 is 2.25 bits per heavy atom. The lowest BCUT2D eigenvalue weighted by Gasteiger charge is -2.22. The Labute approximate surface area is 167 Å². The van der Waals surface area contributed by atoms with Gasteiger partial charge in [0.05, 0.1) is 22.9 Å². The van der Waals surface area contributed by atoms with Crippen molar-refractivity contribution in [1.29, 1.82) is 0 Å². The number of aliphatic imine (C=N–C) groups is 1. The molecule has 0 spiro atoms. The molecule has 0 saturated carbocycles. The lowest BCUT2D eigenvalue weighted by Crippen LogP contribution is -2.44. The number of nitrogens with zero attached hydrogens (tertiary/aromatic N) is 3. The molecule has 1 atom stereocenters. The van der Waals surface area contributed by atoms with Gasteiger partial charge in [-0.3, -0.25) is 4.99 Å². The highest BCUT2D eigenvalue weighted by molar-refractivity contribution is 7.09. The van der Waals surface area contributed by atoms with Crippen LogP contribution < -0.4 is 20.3 Å². The fourth-order valence-corrected chi connectivity index (χ4v) is 3.91. The van der Waals surface area contributed by atoms with E-state index >= 15 is 0 Å². The number of anilines is 1. The smallest absolute Gasteiger partial charge is 0.387 e. The zero-order valence-corrected chi connectivity index (χ0v) is 16.8. The van der Waals surface area contributed by atoms with E-state index in [1.54, 1.807) is 36.6 Å². The number of hydrogen-bond acceptors (Lipinski definition) is 5. The quantitative estimate of drug-likeness (QED) is 0.543. The van der Waals surface area contributed by atoms with E-state index in [0.29, 0.717) is 24.7 Å². The second-order valence-corrected chi connectivity index (χ2v) is 7.38. The van der Waals surface area contributed by atoms with Gasteiger partial charge in [0, 0.05) is 31.6 Å². The maximum atomic E-state index is 12.6. The van der Waals surface area contributed by atoms with E-state index in [0.717, 1.165) is 30.1 Å². The number of para-hydroxylation sites is 2. The summed E-state index contributed by atoms with van der Waals surface area (Å²) in [5, 5.41) is 9.86. The summed E-state index contributed by atoms with van der Waals surface area (Å²) in [5.41, 5.74) is 1.68. The molecule has 3 rings (SSSR count). The molecule has 1 aliphatic heterocycles. The number of benzene rings is 1. The first-order chi connectivity index (χ1) is 13.6. The van der Waals surface area contributed by atoms with Crippen molar-refractivity contribution in [3.05, 3.63) is 40.3 Å². The van der Waals surface area contributed by atoms with E-state index in [1.807, 2.05) is 6.07 Å². The Morgan fingerprint density at radius 1 is 1.43 bits per heavy atom. The molecule has 0 radical (unpaired) electrons. The lowest BCUT2D eigenvalue weighted by atomic mass is 10.2. The van der Waals surface area contributed by atoms with Gasteiger partial charge in [-0.05, 0) is 25.0 Å². The number of nitrogens with one attached hydrogen (secondary N) is 2. The minimum absolute atomic E-state index is 0.160. The summed E-state index contributed by atoms with van der Waals surface area (Å²) in [4.78, 5) is 10.9. The van der Waals surface area contributed by atoms with Crippen molar-refractivity contribution < 1.29 is 13.5 Å². The van der Waals surface area contributed by atoms with Crippen LogP contribution in [0.2, 0.25) is 0 Å². The van der Waals surface area contributed by atoms with Crippen molar-refractivity contribution in [2.45, 2.75) is 39.0 Å². The van der Waals surface area contributed by atoms with Gasteiger partial charge in [0.15, 0.2) is 5.96 Å². The number of aryl methyl sites for hydroxylation is 1. The van der Waals surface area contributed by atoms with Crippen molar-refractivity contribution in [3.63, 3.8) is 0 Å². The van der Waals surface area contributed by atoms with E-state index in [9.17, 15) is 8.78 Å². The predicted molar refractivity (Wildman–Crippen MR) is 109 cm³/mol. The second kappa shape index (κ2) is 9.68. The molecule has 1 aliphatic rings. The van der Waals surface area contributed by atoms with Crippen molar-refractivity contribution in [2.24, 2.45) is 4.99 Å². The maximum absolute atomic E-state index is 12.6. The van der Waals surface area contributed by atoms with Crippen LogP contribution in [-0.2, 0) is 13.0 Å². The molecule has 152 valence electrons. The zero-order chi connectivity index (χ0) is 19.9. The highest BCUT2D eigenvalue weighted by Crippen LogP contribution is 2.31. The van der Waals surface area contributed by atoms with E-state index in [1.165, 1.54) is 0 Å². The topological polar surface area (TPSA) is 61.8 Å². The van der Waals surface area contributed by atoms with E-state index in [-0.39, 0.29) is 11.8 Å². The second-order valence-electron chi connectivity index (χ2n) is 6.43. The highest BCUT2D eigenvalue weighted by Gasteiger charge is 2.26. The van der Waals surface area contributed by atoms with Gasteiger partial charge in [-0.1, -0.05) is 19.1 Å². The number of ether oxygens (including phenoxy) is 1. The third-order valence-electron chi connectivity index (χ3n) is 4.51. The molecule has 6 nitrogen and oxygen atoms in total. The number of alkyl halides is 2. The minimum atomic E-state index is -2.83. The van der Waals surface area contributed by atoms with Gasteiger partial charge in [-0.15, -0.1) is 11.3 Å². The van der Waals surface area contributed by atoms with Crippen molar-refractivity contribution in [3.8, 4) is 5.75 Å². The first-order valence-corrected chi connectivity index (χ1v) is 10.2. The molecule has 1 saturated heterocycles. The van der Waals surface area contributed by atoms with Crippen LogP contribution in [0, 0.1) is 0 Å². The van der Waals surface area contributed by atoms with Crippen LogP contribution in [0.15, 0.2) is 34.6 Å². The molecular weight excluding hydrogens is 384 g/mol. The SMILES string of the molecule is CCc1nc(CNC(=NC)NC2CCN(c3ccccc3OC(F)F)C2)cs1. The van der Waals surface area contributed by atoms with Gasteiger partial charge in [0.2, 0.25) is 0 Å². The number of halogens is 2. The number of guanidine groups is 1. The van der Waals surface area contributed by atoms with Crippen molar-refractivity contribution in [2.75, 3.05) is 25.0 Å². The molecule has 1 fully saturated rings. The third-order valence-corrected chi connectivity index (χ3v) is 5.56. The fourth-order valence-electron chi connectivity index (χ4n) is 3.17. The first-order valence-electron chi connectivity index (χ1n) is 9.28. The minimum Gasteiger partial charge on any atom is -0.433 e. The Bertz CT molecular complexity index is 798. The van der Waals surface area contributed by atoms with Gasteiger partial charge in [-0.25, -0.2) is 4.98 Å². The summed E-state index contributed by atoms with van der Waals surface area (Å²) in [7, 11) is 1.73. The van der Waals surface area contributed by atoms with Gasteiger partial charge >= 0.3 is 6.61 Å². The molecule has 1 unspecified atom stereocenters. The summed E-state index contributed by atoms with van der Waals surface area (Å²) in [6.45, 7) is 1.30. The van der Waals surface area contributed by atoms with Crippen molar-refractivity contribution in [1.82, 2.24) is 15.6 Å². The Kier molecular flexibility index (Phi) is 7.02. The number of thiazole rings is 1. The molecule has 9 heteroatoms. The predicted octanol–water partition coefficient (Wildman–Crippen LogP) is 3.25. The van der Waals surface area contributed by atoms with Crippen LogP contribution in [0.5, 0.6) is 5.75 Å². The summed E-state index contributed by atoms with van der Waals surface area (Å²) < 4.78 is 30.0. The average Bonchev–Trinajstić information content (AvgIpc) is 3.34. The molecule has 1 aromatic carbocycles. The molecule has 0 aliphatic carbocycles. The number of rotatable bonds is 7. The third kappa shape index (κ3) is 5.31. The van der Waals surface area contributed by atoms with Crippen LogP contribution in [0.25, 0.3) is 0 Å². The Hall–Kier alpha value is -2.42. The van der Waals surface area contributed by atoms with Crippen LogP contribution in [-0.4, -0.2) is 43.7 Å². The van der Waals surface area contributed by atoms with Crippen molar-refractivity contribution >= 4 is 23.0 Å². The maximum Gasteiger partial charge on any atom is 0.387 e. The van der Waals surface area contributed by atoms with Crippen LogP contribution in [0.3, 0.4) is 0 Å². The largest absolute Gasteiger partial charge is 0.433 e. The molecule has 2 N–H and O–H groups in total. The van der Waals surface area contributed by atoms with Gasteiger partial charge in [-0.2, -0.15) is 8.78 Å². The molecular formula is C19H25F2N5OS. The Balaban J connectivity index is 1.55. The molecule has 28 heavy (non-hydrogen) atoms. The van der Waals surface area contributed by atoms with Crippen LogP contribution >= 0.6 is 11.3 Å². The highest BCUT2D eigenvalue weighted by atomic mass is 32.1. The first kappa shape index (κ1) is 20.3. The summed E-state index contributed by atoms with van der Waals surface area (Å²) in [6, 6.07) is 7.06. The van der Waals surface area contributed by atoms with E-state index in [2.05, 4.69) is 42.6 Å². The molecule has 2 aromatic rings. The summed E-state index contributed by atoms with van der Waals surface area (Å²) in [5.74, 6) is 0.908. The Morgan fingerprint density at radius 3 is 2.96 bits per heavy atom. The summed E-state index contributed by atoms with van der Waals surface area (Å²) in [6.07, 6.45) is 1.81. The molecule has 0 bridgehead atoms. The van der Waals surface area contributed by atoms with Gasteiger partial charge in [0.25, 0.3) is 0 Å².